The topological polar surface area (TPSA) is 103 Å². The predicted molar refractivity (Wildman–Crippen MR) is 105 cm³/mol. The van der Waals surface area contributed by atoms with Crippen LogP contribution in [0.25, 0.3) is 0 Å². The molecule has 4 rings (SSSR count). The Hall–Kier alpha value is -2.63. The van der Waals surface area contributed by atoms with Crippen LogP contribution in [0.15, 0.2) is 27.6 Å². The lowest BCUT2D eigenvalue weighted by molar-refractivity contribution is -0.189. The summed E-state index contributed by atoms with van der Waals surface area (Å²) in [6.07, 6.45) is -3.30. The number of likely N-dealkylation sites (tertiary alicyclic amines) is 1. The fourth-order valence-electron chi connectivity index (χ4n) is 3.50. The maximum Gasteiger partial charge on any atom is 0.425 e. The molecule has 1 amide bonds. The van der Waals surface area contributed by atoms with Crippen molar-refractivity contribution in [3.63, 3.8) is 0 Å². The summed E-state index contributed by atoms with van der Waals surface area (Å²) in [6.45, 7) is 1.37. The van der Waals surface area contributed by atoms with Gasteiger partial charge in [0.1, 0.15) is 5.75 Å². The molecule has 2 aliphatic rings. The standard InChI is InChI=1S/C20H22F3N3O5S/c1-11(20(21,22)23)30-16-6-5-14(32(2,28)29)9-15(16)19(27)26-8-7-13(10-26)17-24-18(31-25-17)12-3-4-12/h5-6,9,11-13H,3-4,7-8,10H2,1-2H3/t11-,13?/m1/s1. The fourth-order valence-corrected chi connectivity index (χ4v) is 4.15. The van der Waals surface area contributed by atoms with Gasteiger partial charge in [-0.15, -0.1) is 0 Å². The normalized spacial score (nSPS) is 20.4. The summed E-state index contributed by atoms with van der Waals surface area (Å²) in [6, 6.07) is 3.26. The monoisotopic (exact) mass is 473 g/mol. The lowest BCUT2D eigenvalue weighted by atomic mass is 10.1. The predicted octanol–water partition coefficient (Wildman–Crippen LogP) is 3.31. The van der Waals surface area contributed by atoms with Crippen molar-refractivity contribution in [3.05, 3.63) is 35.5 Å². The molecule has 2 fully saturated rings. The first-order valence-electron chi connectivity index (χ1n) is 10.1. The van der Waals surface area contributed by atoms with Gasteiger partial charge in [0.05, 0.1) is 10.5 Å². The minimum Gasteiger partial charge on any atom is -0.480 e. The van der Waals surface area contributed by atoms with E-state index in [4.69, 9.17) is 9.26 Å². The molecule has 1 aromatic heterocycles. The van der Waals surface area contributed by atoms with Crippen LogP contribution in [-0.2, 0) is 9.84 Å². The Morgan fingerprint density at radius 3 is 2.59 bits per heavy atom. The molecule has 0 N–H and O–H groups in total. The van der Waals surface area contributed by atoms with Gasteiger partial charge < -0.3 is 14.2 Å². The second-order valence-electron chi connectivity index (χ2n) is 8.23. The van der Waals surface area contributed by atoms with Gasteiger partial charge >= 0.3 is 6.18 Å². The van der Waals surface area contributed by atoms with Crippen molar-refractivity contribution in [2.45, 2.75) is 55.2 Å². The molecular formula is C20H22F3N3O5S. The second kappa shape index (κ2) is 8.05. The molecule has 32 heavy (non-hydrogen) atoms. The van der Waals surface area contributed by atoms with E-state index in [1.54, 1.807) is 0 Å². The van der Waals surface area contributed by atoms with Crippen molar-refractivity contribution in [3.8, 4) is 5.75 Å². The van der Waals surface area contributed by atoms with Crippen LogP contribution in [0.2, 0.25) is 0 Å². The smallest absolute Gasteiger partial charge is 0.425 e. The third-order valence-corrected chi connectivity index (χ3v) is 6.71. The summed E-state index contributed by atoms with van der Waals surface area (Å²) in [5.74, 6) is 0.257. The van der Waals surface area contributed by atoms with E-state index in [-0.39, 0.29) is 28.7 Å². The quantitative estimate of drug-likeness (QED) is 0.634. The maximum absolute atomic E-state index is 13.2. The number of hydrogen-bond donors (Lipinski definition) is 0. The first kappa shape index (κ1) is 22.6. The Bertz CT molecular complexity index is 1130. The summed E-state index contributed by atoms with van der Waals surface area (Å²) in [4.78, 5) is 18.8. The summed E-state index contributed by atoms with van der Waals surface area (Å²) in [7, 11) is -3.69. The number of amides is 1. The zero-order valence-corrected chi connectivity index (χ0v) is 18.2. The number of halogens is 3. The maximum atomic E-state index is 13.2. The highest BCUT2D eigenvalue weighted by atomic mass is 32.2. The van der Waals surface area contributed by atoms with E-state index in [0.717, 1.165) is 44.2 Å². The van der Waals surface area contributed by atoms with Crippen molar-refractivity contribution in [1.29, 1.82) is 0 Å². The molecule has 12 heteroatoms. The van der Waals surface area contributed by atoms with Crippen LogP contribution in [-0.4, -0.2) is 61.0 Å². The second-order valence-corrected chi connectivity index (χ2v) is 10.2. The Morgan fingerprint density at radius 2 is 1.97 bits per heavy atom. The van der Waals surface area contributed by atoms with Gasteiger partial charge in [-0.25, -0.2) is 8.42 Å². The van der Waals surface area contributed by atoms with Crippen molar-refractivity contribution < 1.29 is 35.6 Å². The third kappa shape index (κ3) is 4.74. The summed E-state index contributed by atoms with van der Waals surface area (Å²) in [5, 5.41) is 4.00. The Labute approximate surface area is 182 Å². The number of rotatable bonds is 6. The average molecular weight is 473 g/mol. The zero-order valence-electron chi connectivity index (χ0n) is 17.4. The van der Waals surface area contributed by atoms with E-state index >= 15 is 0 Å². The molecule has 1 aliphatic heterocycles. The SMILES string of the molecule is C[C@@H](Oc1ccc(S(C)(=O)=O)cc1C(=O)N1CCC(c2noc(C3CC3)n2)C1)C(F)(F)F. The van der Waals surface area contributed by atoms with Crippen LogP contribution in [0.3, 0.4) is 0 Å². The van der Waals surface area contributed by atoms with E-state index in [1.807, 2.05) is 0 Å². The summed E-state index contributed by atoms with van der Waals surface area (Å²) < 4.78 is 73.2. The van der Waals surface area contributed by atoms with E-state index in [9.17, 15) is 26.4 Å². The highest BCUT2D eigenvalue weighted by Gasteiger charge is 2.39. The molecule has 1 saturated carbocycles. The highest BCUT2D eigenvalue weighted by Crippen LogP contribution is 2.40. The number of alkyl halides is 3. The van der Waals surface area contributed by atoms with Gasteiger partial charge in [-0.1, -0.05) is 5.16 Å². The van der Waals surface area contributed by atoms with E-state index < -0.39 is 28.0 Å². The number of ether oxygens (including phenoxy) is 1. The molecule has 0 spiro atoms. The van der Waals surface area contributed by atoms with E-state index in [2.05, 4.69) is 10.1 Å². The van der Waals surface area contributed by atoms with Crippen molar-refractivity contribution >= 4 is 15.7 Å². The minimum absolute atomic E-state index is 0.174. The Balaban J connectivity index is 1.58. The molecule has 8 nitrogen and oxygen atoms in total. The molecule has 2 aromatic rings. The van der Waals surface area contributed by atoms with Gasteiger partial charge in [0.25, 0.3) is 5.91 Å². The van der Waals surface area contributed by atoms with E-state index in [1.165, 1.54) is 4.90 Å². The van der Waals surface area contributed by atoms with Gasteiger partial charge in [-0.3, -0.25) is 4.79 Å². The minimum atomic E-state index is -4.65. The molecule has 1 saturated heterocycles. The largest absolute Gasteiger partial charge is 0.480 e. The van der Waals surface area contributed by atoms with Crippen molar-refractivity contribution in [1.82, 2.24) is 15.0 Å². The number of hydrogen-bond acceptors (Lipinski definition) is 7. The van der Waals surface area contributed by atoms with Crippen molar-refractivity contribution in [2.75, 3.05) is 19.3 Å². The van der Waals surface area contributed by atoms with Gasteiger partial charge in [-0.05, 0) is 44.4 Å². The van der Waals surface area contributed by atoms with Crippen LogP contribution in [0.4, 0.5) is 13.2 Å². The van der Waals surface area contributed by atoms with Crippen LogP contribution in [0.5, 0.6) is 5.75 Å². The Morgan fingerprint density at radius 1 is 1.25 bits per heavy atom. The van der Waals surface area contributed by atoms with E-state index in [0.29, 0.717) is 30.6 Å². The van der Waals surface area contributed by atoms with Crippen LogP contribution < -0.4 is 4.74 Å². The van der Waals surface area contributed by atoms with Crippen LogP contribution in [0.1, 0.15) is 60.1 Å². The first-order valence-corrected chi connectivity index (χ1v) is 12.0. The third-order valence-electron chi connectivity index (χ3n) is 5.60. The number of carbonyl (C=O) groups excluding carboxylic acids is 1. The average Bonchev–Trinajstić information content (AvgIpc) is 3.24. The highest BCUT2D eigenvalue weighted by molar-refractivity contribution is 7.90. The lowest BCUT2D eigenvalue weighted by Crippen LogP contribution is -2.33. The molecule has 1 aromatic carbocycles. The molecule has 2 heterocycles. The first-order chi connectivity index (χ1) is 14.9. The van der Waals surface area contributed by atoms with Gasteiger partial charge in [-0.2, -0.15) is 18.2 Å². The fraction of sp³-hybridized carbons (Fsp3) is 0.550. The molecule has 0 bridgehead atoms. The number of benzene rings is 1. The van der Waals surface area contributed by atoms with Gasteiger partial charge in [0.2, 0.25) is 5.89 Å². The zero-order chi connectivity index (χ0) is 23.3. The molecule has 1 unspecified atom stereocenters. The number of aromatic nitrogens is 2. The van der Waals surface area contributed by atoms with Crippen molar-refractivity contribution in [2.24, 2.45) is 0 Å². The summed E-state index contributed by atoms with van der Waals surface area (Å²) >= 11 is 0. The lowest BCUT2D eigenvalue weighted by Gasteiger charge is -2.22. The molecule has 2 atom stereocenters. The molecule has 1 aliphatic carbocycles. The van der Waals surface area contributed by atoms with Crippen LogP contribution >= 0.6 is 0 Å². The molecular weight excluding hydrogens is 451 g/mol. The number of nitrogens with zero attached hydrogens (tertiary/aromatic N) is 3. The molecule has 174 valence electrons. The number of sulfone groups is 1. The van der Waals surface area contributed by atoms with Crippen LogP contribution in [0, 0.1) is 0 Å². The molecule has 0 radical (unpaired) electrons. The van der Waals surface area contributed by atoms with Gasteiger partial charge in [0, 0.05) is 31.2 Å². The van der Waals surface area contributed by atoms with Gasteiger partial charge in [0.15, 0.2) is 21.8 Å². The summed E-state index contributed by atoms with van der Waals surface area (Å²) in [5.41, 5.74) is -0.239. The Kier molecular flexibility index (Phi) is 5.68. The number of carbonyl (C=O) groups is 1.